The van der Waals surface area contributed by atoms with E-state index in [9.17, 15) is 24.3 Å². The summed E-state index contributed by atoms with van der Waals surface area (Å²) in [6.07, 6.45) is 4.90. The van der Waals surface area contributed by atoms with Crippen LogP contribution in [-0.2, 0) is 23.9 Å². The molecular formula is C23H32O6. The SMILES string of the molecule is CC(=O)OCC(=O)[C@@]1(O)CC[C@@H]2[C@@H]3CC[C@H]4CC(=O)CC[C@]4(C)[C@@H]3C(=O)C[C@@]21C. The summed E-state index contributed by atoms with van der Waals surface area (Å²) in [5, 5.41) is 11.4. The lowest BCUT2D eigenvalue weighted by atomic mass is 9.44. The maximum absolute atomic E-state index is 13.5. The lowest BCUT2D eigenvalue weighted by molar-refractivity contribution is -0.180. The van der Waals surface area contributed by atoms with Gasteiger partial charge < -0.3 is 9.84 Å². The van der Waals surface area contributed by atoms with Crippen LogP contribution in [0.25, 0.3) is 0 Å². The molecule has 0 saturated heterocycles. The molecule has 4 rings (SSSR count). The number of carbonyl (C=O) groups excluding carboxylic acids is 4. The number of aliphatic hydroxyl groups is 1. The van der Waals surface area contributed by atoms with E-state index in [1.807, 2.05) is 6.92 Å². The van der Waals surface area contributed by atoms with Crippen molar-refractivity contribution in [1.82, 2.24) is 0 Å². The number of rotatable bonds is 3. The minimum atomic E-state index is -1.63. The van der Waals surface area contributed by atoms with E-state index in [2.05, 4.69) is 6.92 Å². The first-order valence-corrected chi connectivity index (χ1v) is 11.0. The quantitative estimate of drug-likeness (QED) is 0.726. The van der Waals surface area contributed by atoms with Crippen LogP contribution in [0.15, 0.2) is 0 Å². The molecule has 0 amide bonds. The molecule has 6 nitrogen and oxygen atoms in total. The smallest absolute Gasteiger partial charge is 0.303 e. The lowest BCUT2D eigenvalue weighted by Gasteiger charge is -2.59. The van der Waals surface area contributed by atoms with Crippen molar-refractivity contribution >= 4 is 23.3 Å². The molecule has 0 aromatic carbocycles. The van der Waals surface area contributed by atoms with Gasteiger partial charge in [-0.1, -0.05) is 13.8 Å². The molecule has 0 unspecified atom stereocenters. The zero-order valence-electron chi connectivity index (χ0n) is 17.7. The third-order valence-electron chi connectivity index (χ3n) is 9.19. The third-order valence-corrected chi connectivity index (χ3v) is 9.19. The largest absolute Gasteiger partial charge is 0.458 e. The Bertz CT molecular complexity index is 773. The number of ether oxygens (including phenoxy) is 1. The van der Waals surface area contributed by atoms with E-state index in [0.717, 1.165) is 19.3 Å². The summed E-state index contributed by atoms with van der Waals surface area (Å²) in [5.74, 6) is -0.187. The van der Waals surface area contributed by atoms with Crippen molar-refractivity contribution in [1.29, 1.82) is 0 Å². The average molecular weight is 405 g/mol. The third kappa shape index (κ3) is 2.85. The Hall–Kier alpha value is -1.56. The Morgan fingerprint density at radius 1 is 1.14 bits per heavy atom. The van der Waals surface area contributed by atoms with Crippen molar-refractivity contribution in [2.75, 3.05) is 6.61 Å². The maximum atomic E-state index is 13.5. The molecule has 0 aliphatic heterocycles. The highest BCUT2D eigenvalue weighted by Gasteiger charge is 2.69. The molecule has 0 radical (unpaired) electrons. The molecule has 7 atom stereocenters. The van der Waals surface area contributed by atoms with Gasteiger partial charge in [0.05, 0.1) is 0 Å². The summed E-state index contributed by atoms with van der Waals surface area (Å²) in [6.45, 7) is 4.86. The predicted octanol–water partition coefficient (Wildman–Crippen LogP) is 2.64. The van der Waals surface area contributed by atoms with E-state index in [0.29, 0.717) is 31.5 Å². The average Bonchev–Trinajstić information content (AvgIpc) is 2.91. The van der Waals surface area contributed by atoms with Gasteiger partial charge in [0.15, 0.2) is 6.61 Å². The number of carbonyl (C=O) groups is 4. The fraction of sp³-hybridized carbons (Fsp3) is 0.826. The van der Waals surface area contributed by atoms with Crippen LogP contribution in [-0.4, -0.2) is 40.6 Å². The molecule has 4 fully saturated rings. The normalized spacial score (nSPS) is 46.5. The van der Waals surface area contributed by atoms with E-state index < -0.39 is 29.4 Å². The van der Waals surface area contributed by atoms with E-state index >= 15 is 0 Å². The predicted molar refractivity (Wildman–Crippen MR) is 104 cm³/mol. The molecule has 6 heteroatoms. The van der Waals surface area contributed by atoms with Gasteiger partial charge >= 0.3 is 5.97 Å². The standard InChI is InChI=1S/C23H32O6/c1-13(24)29-12-19(27)23(28)9-7-17-16-5-4-14-10-15(25)6-8-21(14,2)20(16)18(26)11-22(17,23)3/h14,16-17,20,28H,4-12H2,1-3H3/t14-,16-,17+,20-,21-,22-,23-/m0/s1. The molecular weight excluding hydrogens is 372 g/mol. The highest BCUT2D eigenvalue weighted by Crippen LogP contribution is 2.67. The molecule has 0 bridgehead atoms. The van der Waals surface area contributed by atoms with E-state index in [1.54, 1.807) is 0 Å². The van der Waals surface area contributed by atoms with Gasteiger partial charge in [0.1, 0.15) is 17.2 Å². The molecule has 4 aliphatic carbocycles. The van der Waals surface area contributed by atoms with Crippen LogP contribution in [0.2, 0.25) is 0 Å². The summed E-state index contributed by atoms with van der Waals surface area (Å²) < 4.78 is 4.87. The lowest BCUT2D eigenvalue weighted by Crippen LogP contribution is -2.62. The second-order valence-corrected chi connectivity index (χ2v) is 10.4. The van der Waals surface area contributed by atoms with Gasteiger partial charge in [-0.3, -0.25) is 19.2 Å². The second kappa shape index (κ2) is 6.73. The van der Waals surface area contributed by atoms with Crippen LogP contribution in [0.4, 0.5) is 0 Å². The summed E-state index contributed by atoms with van der Waals surface area (Å²) in [7, 11) is 0. The van der Waals surface area contributed by atoms with Crippen LogP contribution in [0.5, 0.6) is 0 Å². The summed E-state index contributed by atoms with van der Waals surface area (Å²) in [6, 6.07) is 0. The summed E-state index contributed by atoms with van der Waals surface area (Å²) in [5.41, 5.74) is -2.61. The highest BCUT2D eigenvalue weighted by atomic mass is 16.5. The van der Waals surface area contributed by atoms with Gasteiger partial charge in [-0.15, -0.1) is 0 Å². The van der Waals surface area contributed by atoms with E-state index in [-0.39, 0.29) is 41.3 Å². The topological polar surface area (TPSA) is 97.7 Å². The zero-order chi connectivity index (χ0) is 21.2. The van der Waals surface area contributed by atoms with Crippen LogP contribution < -0.4 is 0 Å². The Morgan fingerprint density at radius 3 is 2.55 bits per heavy atom. The fourth-order valence-corrected chi connectivity index (χ4v) is 7.61. The van der Waals surface area contributed by atoms with Crippen molar-refractivity contribution in [3.8, 4) is 0 Å². The van der Waals surface area contributed by atoms with Gasteiger partial charge in [0.25, 0.3) is 0 Å². The molecule has 0 spiro atoms. The van der Waals surface area contributed by atoms with Crippen molar-refractivity contribution in [3.63, 3.8) is 0 Å². The number of esters is 1. The van der Waals surface area contributed by atoms with Crippen LogP contribution in [0, 0.1) is 34.5 Å². The van der Waals surface area contributed by atoms with Gasteiger partial charge in [-0.05, 0) is 55.3 Å². The Kier molecular flexibility index (Phi) is 4.80. The minimum absolute atomic E-state index is 0.0849. The number of ketones is 3. The Labute approximate surface area is 171 Å². The van der Waals surface area contributed by atoms with Crippen molar-refractivity contribution in [3.05, 3.63) is 0 Å². The van der Waals surface area contributed by atoms with Crippen LogP contribution >= 0.6 is 0 Å². The monoisotopic (exact) mass is 404 g/mol. The fourth-order valence-electron chi connectivity index (χ4n) is 7.61. The Morgan fingerprint density at radius 2 is 1.86 bits per heavy atom. The molecule has 0 heterocycles. The van der Waals surface area contributed by atoms with Crippen molar-refractivity contribution in [2.24, 2.45) is 34.5 Å². The molecule has 4 saturated carbocycles. The molecule has 29 heavy (non-hydrogen) atoms. The molecule has 0 aromatic rings. The number of hydrogen-bond donors (Lipinski definition) is 1. The van der Waals surface area contributed by atoms with Gasteiger partial charge in [0.2, 0.25) is 5.78 Å². The molecule has 4 aliphatic rings. The first-order chi connectivity index (χ1) is 13.5. The minimum Gasteiger partial charge on any atom is -0.458 e. The van der Waals surface area contributed by atoms with E-state index in [1.165, 1.54) is 6.92 Å². The van der Waals surface area contributed by atoms with Gasteiger partial charge in [-0.2, -0.15) is 0 Å². The van der Waals surface area contributed by atoms with Crippen molar-refractivity contribution in [2.45, 2.75) is 77.7 Å². The van der Waals surface area contributed by atoms with Crippen molar-refractivity contribution < 1.29 is 29.0 Å². The first kappa shape index (κ1) is 20.7. The summed E-state index contributed by atoms with van der Waals surface area (Å²) in [4.78, 5) is 49.5. The zero-order valence-corrected chi connectivity index (χ0v) is 17.7. The van der Waals surface area contributed by atoms with E-state index in [4.69, 9.17) is 4.74 Å². The van der Waals surface area contributed by atoms with Crippen LogP contribution in [0.1, 0.15) is 72.1 Å². The second-order valence-electron chi connectivity index (χ2n) is 10.4. The molecule has 160 valence electrons. The first-order valence-electron chi connectivity index (χ1n) is 11.0. The number of hydrogen-bond acceptors (Lipinski definition) is 6. The number of Topliss-reactive ketones (excluding diaryl/α,β-unsaturated/α-hetero) is 3. The van der Waals surface area contributed by atoms with Gasteiger partial charge in [0, 0.05) is 37.5 Å². The molecule has 0 aromatic heterocycles. The Balaban J connectivity index is 1.64. The molecule has 1 N–H and O–H groups in total. The highest BCUT2D eigenvalue weighted by molar-refractivity contribution is 5.93. The number of fused-ring (bicyclic) bond motifs is 5. The van der Waals surface area contributed by atoms with Gasteiger partial charge in [-0.25, -0.2) is 0 Å². The maximum Gasteiger partial charge on any atom is 0.303 e. The van der Waals surface area contributed by atoms with Crippen LogP contribution in [0.3, 0.4) is 0 Å². The summed E-state index contributed by atoms with van der Waals surface area (Å²) >= 11 is 0.